The third-order valence-electron chi connectivity index (χ3n) is 2.83. The van der Waals surface area contributed by atoms with Crippen LogP contribution in [0.4, 0.5) is 0 Å². The number of nitrogens with zero attached hydrogens (tertiary/aromatic N) is 1. The maximum absolute atomic E-state index is 12.2. The maximum Gasteiger partial charge on any atom is 0.263 e. The molecule has 1 aromatic heterocycles. The molecule has 2 rings (SSSR count). The molecule has 1 amide bonds. The predicted octanol–water partition coefficient (Wildman–Crippen LogP) is 1.98. The Bertz CT molecular complexity index is 534. The number of aliphatic hydroxyl groups excluding tert-OH is 1. The molecule has 4 nitrogen and oxygen atoms in total. The first-order valence-electron chi connectivity index (χ1n) is 6.03. The van der Waals surface area contributed by atoms with E-state index in [2.05, 4.69) is 0 Å². The largest absolute Gasteiger partial charge is 0.389 e. The second-order valence-corrected chi connectivity index (χ2v) is 5.53. The molecule has 1 N–H and O–H groups in total. The Morgan fingerprint density at radius 2 is 2.21 bits per heavy atom. The quantitative estimate of drug-likeness (QED) is 0.910. The molecule has 19 heavy (non-hydrogen) atoms. The van der Waals surface area contributed by atoms with Crippen LogP contribution in [0.1, 0.15) is 9.67 Å². The van der Waals surface area contributed by atoms with E-state index in [4.69, 9.17) is 4.74 Å². The number of carbonyl (C=O) groups is 1. The summed E-state index contributed by atoms with van der Waals surface area (Å²) in [5.74, 6) is -0.0728. The van der Waals surface area contributed by atoms with E-state index in [-0.39, 0.29) is 19.1 Å². The molecule has 0 saturated heterocycles. The van der Waals surface area contributed by atoms with Crippen LogP contribution in [0.2, 0.25) is 0 Å². The Labute approximate surface area is 116 Å². The van der Waals surface area contributed by atoms with Crippen LogP contribution in [0.25, 0.3) is 10.1 Å². The molecular formula is C14H17NO3S. The summed E-state index contributed by atoms with van der Waals surface area (Å²) in [6, 6.07) is 9.79. The normalized spacial score (nSPS) is 12.6. The number of amides is 1. The molecule has 5 heteroatoms. The predicted molar refractivity (Wildman–Crippen MR) is 76.7 cm³/mol. The lowest BCUT2D eigenvalue weighted by molar-refractivity contribution is 0.0382. The van der Waals surface area contributed by atoms with Gasteiger partial charge in [0.1, 0.15) is 0 Å². The van der Waals surface area contributed by atoms with Crippen molar-refractivity contribution in [2.75, 3.05) is 27.3 Å². The first-order valence-corrected chi connectivity index (χ1v) is 6.84. The van der Waals surface area contributed by atoms with Gasteiger partial charge in [-0.25, -0.2) is 0 Å². The lowest BCUT2D eigenvalue weighted by Crippen LogP contribution is -2.35. The van der Waals surface area contributed by atoms with Crippen LogP contribution in [-0.2, 0) is 4.74 Å². The molecule has 0 aliphatic carbocycles. The van der Waals surface area contributed by atoms with E-state index in [0.717, 1.165) is 10.1 Å². The maximum atomic E-state index is 12.2. The molecule has 1 aromatic carbocycles. The zero-order valence-corrected chi connectivity index (χ0v) is 11.8. The van der Waals surface area contributed by atoms with E-state index >= 15 is 0 Å². The summed E-state index contributed by atoms with van der Waals surface area (Å²) < 4.78 is 5.95. The number of methoxy groups -OCH3 is 1. The molecule has 0 aliphatic heterocycles. The minimum absolute atomic E-state index is 0.0728. The lowest BCUT2D eigenvalue weighted by Gasteiger charge is -2.19. The van der Waals surface area contributed by atoms with Crippen molar-refractivity contribution in [3.8, 4) is 0 Å². The van der Waals surface area contributed by atoms with E-state index in [9.17, 15) is 9.90 Å². The van der Waals surface area contributed by atoms with E-state index in [1.54, 1.807) is 7.05 Å². The molecule has 102 valence electrons. The molecular weight excluding hydrogens is 262 g/mol. The number of aliphatic hydroxyl groups is 1. The summed E-state index contributed by atoms with van der Waals surface area (Å²) in [5.41, 5.74) is 0. The summed E-state index contributed by atoms with van der Waals surface area (Å²) in [6.07, 6.45) is -0.659. The van der Waals surface area contributed by atoms with Gasteiger partial charge in [-0.2, -0.15) is 0 Å². The highest BCUT2D eigenvalue weighted by Gasteiger charge is 2.17. The highest BCUT2D eigenvalue weighted by molar-refractivity contribution is 7.20. The summed E-state index contributed by atoms with van der Waals surface area (Å²) >= 11 is 1.47. The average Bonchev–Trinajstić information content (AvgIpc) is 2.81. The van der Waals surface area contributed by atoms with Crippen molar-refractivity contribution < 1.29 is 14.6 Å². The van der Waals surface area contributed by atoms with Crippen molar-refractivity contribution in [1.29, 1.82) is 0 Å². The van der Waals surface area contributed by atoms with Gasteiger partial charge >= 0.3 is 0 Å². The summed E-state index contributed by atoms with van der Waals surface area (Å²) in [6.45, 7) is 0.491. The SMILES string of the molecule is COCC(O)CN(C)C(=O)c1cc2ccccc2s1. The van der Waals surface area contributed by atoms with Gasteiger partial charge in [0.05, 0.1) is 17.6 Å². The monoisotopic (exact) mass is 279 g/mol. The van der Waals surface area contributed by atoms with Gasteiger partial charge in [-0.1, -0.05) is 18.2 Å². The van der Waals surface area contributed by atoms with Crippen molar-refractivity contribution in [2.24, 2.45) is 0 Å². The Hall–Kier alpha value is -1.43. The standard InChI is InChI=1S/C14H17NO3S/c1-15(8-11(16)9-18-2)14(17)13-7-10-5-3-4-6-12(10)19-13/h3-7,11,16H,8-9H2,1-2H3. The van der Waals surface area contributed by atoms with Crippen molar-refractivity contribution >= 4 is 27.3 Å². The van der Waals surface area contributed by atoms with Gasteiger partial charge in [-0.15, -0.1) is 11.3 Å². The van der Waals surface area contributed by atoms with E-state index in [0.29, 0.717) is 4.88 Å². The van der Waals surface area contributed by atoms with E-state index in [1.165, 1.54) is 23.3 Å². The van der Waals surface area contributed by atoms with Gasteiger partial charge in [0.2, 0.25) is 0 Å². The molecule has 0 radical (unpaired) electrons. The fourth-order valence-electron chi connectivity index (χ4n) is 1.92. The fourth-order valence-corrected chi connectivity index (χ4v) is 2.98. The highest BCUT2D eigenvalue weighted by atomic mass is 32.1. The zero-order valence-electron chi connectivity index (χ0n) is 11.0. The molecule has 0 spiro atoms. The second-order valence-electron chi connectivity index (χ2n) is 4.44. The van der Waals surface area contributed by atoms with Crippen LogP contribution in [0.5, 0.6) is 0 Å². The van der Waals surface area contributed by atoms with Crippen LogP contribution in [0, 0.1) is 0 Å². The first-order chi connectivity index (χ1) is 9.11. The van der Waals surface area contributed by atoms with Gasteiger partial charge in [-0.3, -0.25) is 4.79 Å². The van der Waals surface area contributed by atoms with Gasteiger partial charge in [0.25, 0.3) is 5.91 Å². The Morgan fingerprint density at radius 1 is 1.47 bits per heavy atom. The van der Waals surface area contributed by atoms with Crippen molar-refractivity contribution in [3.05, 3.63) is 35.2 Å². The minimum atomic E-state index is -0.659. The third kappa shape index (κ3) is 3.32. The van der Waals surface area contributed by atoms with Gasteiger partial charge in [0, 0.05) is 25.4 Å². The minimum Gasteiger partial charge on any atom is -0.389 e. The van der Waals surface area contributed by atoms with E-state index in [1.807, 2.05) is 30.3 Å². The number of fused-ring (bicyclic) bond motifs is 1. The lowest BCUT2D eigenvalue weighted by atomic mass is 10.2. The number of benzene rings is 1. The Morgan fingerprint density at radius 3 is 2.89 bits per heavy atom. The molecule has 0 saturated carbocycles. The highest BCUT2D eigenvalue weighted by Crippen LogP contribution is 2.26. The van der Waals surface area contributed by atoms with E-state index < -0.39 is 6.10 Å². The molecule has 0 fully saturated rings. The van der Waals surface area contributed by atoms with Crippen LogP contribution < -0.4 is 0 Å². The average molecular weight is 279 g/mol. The summed E-state index contributed by atoms with van der Waals surface area (Å²) in [5, 5.41) is 10.7. The number of hydrogen-bond donors (Lipinski definition) is 1. The Kier molecular flexibility index (Phi) is 4.52. The Balaban J connectivity index is 2.10. The summed E-state index contributed by atoms with van der Waals surface area (Å²) in [7, 11) is 3.21. The van der Waals surface area contributed by atoms with Gasteiger partial charge < -0.3 is 14.7 Å². The number of rotatable bonds is 5. The molecule has 0 bridgehead atoms. The molecule has 2 aromatic rings. The topological polar surface area (TPSA) is 49.8 Å². The molecule has 0 aliphatic rings. The number of carbonyl (C=O) groups excluding carboxylic acids is 1. The van der Waals surface area contributed by atoms with Crippen LogP contribution >= 0.6 is 11.3 Å². The van der Waals surface area contributed by atoms with Crippen LogP contribution in [0.3, 0.4) is 0 Å². The summed E-state index contributed by atoms with van der Waals surface area (Å²) in [4.78, 5) is 14.4. The number of likely N-dealkylation sites (N-methyl/N-ethyl adjacent to an activating group) is 1. The smallest absolute Gasteiger partial charge is 0.263 e. The van der Waals surface area contributed by atoms with Crippen molar-refractivity contribution in [1.82, 2.24) is 4.90 Å². The first kappa shape index (κ1) is 14.0. The number of hydrogen-bond acceptors (Lipinski definition) is 4. The van der Waals surface area contributed by atoms with Crippen LogP contribution in [0.15, 0.2) is 30.3 Å². The van der Waals surface area contributed by atoms with Gasteiger partial charge in [0.15, 0.2) is 0 Å². The molecule has 1 unspecified atom stereocenters. The van der Waals surface area contributed by atoms with Gasteiger partial charge in [-0.05, 0) is 17.5 Å². The van der Waals surface area contributed by atoms with Crippen molar-refractivity contribution in [3.63, 3.8) is 0 Å². The second kappa shape index (κ2) is 6.14. The molecule has 1 heterocycles. The number of thiophene rings is 1. The fraction of sp³-hybridized carbons (Fsp3) is 0.357. The molecule has 1 atom stereocenters. The zero-order chi connectivity index (χ0) is 13.8. The van der Waals surface area contributed by atoms with Crippen LogP contribution in [-0.4, -0.2) is 49.3 Å². The number of ether oxygens (including phenoxy) is 1. The van der Waals surface area contributed by atoms with Crippen molar-refractivity contribution in [2.45, 2.75) is 6.10 Å². The third-order valence-corrected chi connectivity index (χ3v) is 3.93.